The SMILES string of the molecule is Cc1cc(C(=O)NCC(=O)NC2CC2)c2c(C)noc2n1. The van der Waals surface area contributed by atoms with E-state index in [1.807, 2.05) is 0 Å². The summed E-state index contributed by atoms with van der Waals surface area (Å²) in [6.07, 6.45) is 2.04. The first kappa shape index (κ1) is 13.5. The molecule has 2 amide bonds. The molecular weight excluding hydrogens is 272 g/mol. The third-order valence-corrected chi connectivity index (χ3v) is 3.34. The lowest BCUT2D eigenvalue weighted by Crippen LogP contribution is -2.37. The van der Waals surface area contributed by atoms with Gasteiger partial charge in [0.25, 0.3) is 11.6 Å². The molecular formula is C14H16N4O3. The minimum atomic E-state index is -0.331. The summed E-state index contributed by atoms with van der Waals surface area (Å²) in [6, 6.07) is 1.95. The maximum Gasteiger partial charge on any atom is 0.258 e. The Morgan fingerprint density at radius 2 is 2.14 bits per heavy atom. The summed E-state index contributed by atoms with van der Waals surface area (Å²) in [5.74, 6) is -0.502. The largest absolute Gasteiger partial charge is 0.352 e. The zero-order valence-corrected chi connectivity index (χ0v) is 11.9. The fourth-order valence-corrected chi connectivity index (χ4v) is 2.16. The van der Waals surface area contributed by atoms with Gasteiger partial charge in [-0.1, -0.05) is 5.16 Å². The van der Waals surface area contributed by atoms with Crippen molar-refractivity contribution in [3.8, 4) is 0 Å². The fourth-order valence-electron chi connectivity index (χ4n) is 2.16. The van der Waals surface area contributed by atoms with Gasteiger partial charge in [0.15, 0.2) is 0 Å². The van der Waals surface area contributed by atoms with Gasteiger partial charge in [0.2, 0.25) is 5.91 Å². The van der Waals surface area contributed by atoms with E-state index in [0.717, 1.165) is 12.8 Å². The van der Waals surface area contributed by atoms with Crippen molar-refractivity contribution >= 4 is 22.9 Å². The molecule has 7 nitrogen and oxygen atoms in total. The molecule has 0 radical (unpaired) electrons. The van der Waals surface area contributed by atoms with Crippen molar-refractivity contribution < 1.29 is 14.1 Å². The Hall–Kier alpha value is -2.44. The second-order valence-electron chi connectivity index (χ2n) is 5.28. The summed E-state index contributed by atoms with van der Waals surface area (Å²) in [4.78, 5) is 28.1. The molecule has 1 aliphatic rings. The van der Waals surface area contributed by atoms with Crippen LogP contribution in [-0.4, -0.2) is 34.5 Å². The molecule has 1 fully saturated rings. The Morgan fingerprint density at radius 1 is 1.38 bits per heavy atom. The van der Waals surface area contributed by atoms with Crippen LogP contribution >= 0.6 is 0 Å². The number of aromatic nitrogens is 2. The summed E-state index contributed by atoms with van der Waals surface area (Å²) in [6.45, 7) is 3.48. The monoisotopic (exact) mass is 288 g/mol. The average molecular weight is 288 g/mol. The first-order valence-corrected chi connectivity index (χ1v) is 6.86. The Bertz CT molecular complexity index is 718. The minimum Gasteiger partial charge on any atom is -0.352 e. The topological polar surface area (TPSA) is 97.1 Å². The van der Waals surface area contributed by atoms with Crippen molar-refractivity contribution in [3.05, 3.63) is 23.0 Å². The van der Waals surface area contributed by atoms with E-state index >= 15 is 0 Å². The van der Waals surface area contributed by atoms with Gasteiger partial charge in [0.1, 0.15) is 0 Å². The highest BCUT2D eigenvalue weighted by molar-refractivity contribution is 6.06. The number of carbonyl (C=O) groups excluding carboxylic acids is 2. The van der Waals surface area contributed by atoms with Crippen LogP contribution in [0, 0.1) is 13.8 Å². The smallest absolute Gasteiger partial charge is 0.258 e. The van der Waals surface area contributed by atoms with Crippen molar-refractivity contribution in [2.24, 2.45) is 0 Å². The van der Waals surface area contributed by atoms with E-state index < -0.39 is 0 Å². The average Bonchev–Trinajstić information content (AvgIpc) is 3.18. The van der Waals surface area contributed by atoms with Crippen LogP contribution in [0.5, 0.6) is 0 Å². The number of aryl methyl sites for hydroxylation is 2. The van der Waals surface area contributed by atoms with Crippen molar-refractivity contribution in [2.75, 3.05) is 6.54 Å². The lowest BCUT2D eigenvalue weighted by molar-refractivity contribution is -0.120. The van der Waals surface area contributed by atoms with Crippen LogP contribution in [0.15, 0.2) is 10.6 Å². The number of pyridine rings is 1. The molecule has 0 unspecified atom stereocenters. The molecule has 0 aliphatic heterocycles. The number of nitrogens with one attached hydrogen (secondary N) is 2. The van der Waals surface area contributed by atoms with Crippen molar-refractivity contribution in [1.82, 2.24) is 20.8 Å². The van der Waals surface area contributed by atoms with Gasteiger partial charge in [-0.05, 0) is 32.8 Å². The third-order valence-electron chi connectivity index (χ3n) is 3.34. The molecule has 0 bridgehead atoms. The molecule has 0 aromatic carbocycles. The first-order valence-electron chi connectivity index (χ1n) is 6.86. The van der Waals surface area contributed by atoms with Gasteiger partial charge in [0.05, 0.1) is 23.2 Å². The second kappa shape index (κ2) is 5.16. The summed E-state index contributed by atoms with van der Waals surface area (Å²) >= 11 is 0. The lowest BCUT2D eigenvalue weighted by Gasteiger charge is -2.07. The van der Waals surface area contributed by atoms with Crippen molar-refractivity contribution in [1.29, 1.82) is 0 Å². The number of nitrogens with zero attached hydrogens (tertiary/aromatic N) is 2. The van der Waals surface area contributed by atoms with E-state index in [0.29, 0.717) is 28.1 Å². The summed E-state index contributed by atoms with van der Waals surface area (Å²) < 4.78 is 5.09. The number of rotatable bonds is 4. The molecule has 7 heteroatoms. The van der Waals surface area contributed by atoms with Crippen LogP contribution in [0.25, 0.3) is 11.1 Å². The molecule has 2 aromatic rings. The Balaban J connectivity index is 1.77. The predicted octanol–water partition coefficient (Wildman–Crippen LogP) is 0.848. The first-order chi connectivity index (χ1) is 10.0. The zero-order valence-electron chi connectivity index (χ0n) is 11.9. The number of amides is 2. The highest BCUT2D eigenvalue weighted by Crippen LogP contribution is 2.21. The molecule has 2 aromatic heterocycles. The van der Waals surface area contributed by atoms with E-state index in [-0.39, 0.29) is 24.4 Å². The molecule has 0 atom stereocenters. The van der Waals surface area contributed by atoms with E-state index in [2.05, 4.69) is 20.8 Å². The maximum absolute atomic E-state index is 12.3. The van der Waals surface area contributed by atoms with Crippen molar-refractivity contribution in [3.63, 3.8) is 0 Å². The van der Waals surface area contributed by atoms with Crippen LogP contribution in [0.4, 0.5) is 0 Å². The molecule has 21 heavy (non-hydrogen) atoms. The molecule has 2 heterocycles. The Kier molecular flexibility index (Phi) is 3.32. The normalized spacial score (nSPS) is 14.2. The van der Waals surface area contributed by atoms with Gasteiger partial charge in [-0.2, -0.15) is 0 Å². The molecule has 1 aliphatic carbocycles. The minimum absolute atomic E-state index is 0.0392. The Morgan fingerprint density at radius 3 is 2.86 bits per heavy atom. The van der Waals surface area contributed by atoms with Gasteiger partial charge < -0.3 is 15.2 Å². The van der Waals surface area contributed by atoms with E-state index in [1.54, 1.807) is 19.9 Å². The number of carbonyl (C=O) groups is 2. The fraction of sp³-hybridized carbons (Fsp3) is 0.429. The van der Waals surface area contributed by atoms with Crippen LogP contribution in [0.2, 0.25) is 0 Å². The van der Waals surface area contributed by atoms with Gasteiger partial charge >= 0.3 is 0 Å². The number of fused-ring (bicyclic) bond motifs is 1. The molecule has 0 spiro atoms. The molecule has 3 rings (SSSR count). The van der Waals surface area contributed by atoms with Crippen LogP contribution < -0.4 is 10.6 Å². The molecule has 2 N–H and O–H groups in total. The number of hydrogen-bond donors (Lipinski definition) is 2. The van der Waals surface area contributed by atoms with E-state index in [4.69, 9.17) is 4.52 Å². The third kappa shape index (κ3) is 2.86. The lowest BCUT2D eigenvalue weighted by atomic mass is 10.1. The summed E-state index contributed by atoms with van der Waals surface area (Å²) in [7, 11) is 0. The Labute approximate surface area is 121 Å². The maximum atomic E-state index is 12.3. The molecule has 1 saturated carbocycles. The van der Waals surface area contributed by atoms with E-state index in [1.165, 1.54) is 0 Å². The summed E-state index contributed by atoms with van der Waals surface area (Å²) in [5, 5.41) is 9.85. The van der Waals surface area contributed by atoms with Gasteiger partial charge in [0, 0.05) is 11.7 Å². The van der Waals surface area contributed by atoms with Crippen LogP contribution in [0.1, 0.15) is 34.6 Å². The van der Waals surface area contributed by atoms with Gasteiger partial charge in [-0.15, -0.1) is 0 Å². The van der Waals surface area contributed by atoms with Gasteiger partial charge in [-0.3, -0.25) is 9.59 Å². The predicted molar refractivity (Wildman–Crippen MR) is 74.8 cm³/mol. The van der Waals surface area contributed by atoms with Gasteiger partial charge in [-0.25, -0.2) is 4.98 Å². The molecule has 110 valence electrons. The molecule has 0 saturated heterocycles. The highest BCUT2D eigenvalue weighted by atomic mass is 16.5. The van der Waals surface area contributed by atoms with Crippen LogP contribution in [0.3, 0.4) is 0 Å². The van der Waals surface area contributed by atoms with E-state index in [9.17, 15) is 9.59 Å². The zero-order chi connectivity index (χ0) is 15.0. The quantitative estimate of drug-likeness (QED) is 0.869. The summed E-state index contributed by atoms with van der Waals surface area (Å²) in [5.41, 5.74) is 2.02. The van der Waals surface area contributed by atoms with Crippen LogP contribution in [-0.2, 0) is 4.79 Å². The van der Waals surface area contributed by atoms with Crippen molar-refractivity contribution in [2.45, 2.75) is 32.7 Å². The second-order valence-corrected chi connectivity index (χ2v) is 5.28. The number of hydrogen-bond acceptors (Lipinski definition) is 5. The standard InChI is InChI=1S/C14H16N4O3/c1-7-5-10(12-8(2)18-21-14(12)16-7)13(20)15-6-11(19)17-9-3-4-9/h5,9H,3-4,6H2,1-2H3,(H,15,20)(H,17,19). The highest BCUT2D eigenvalue weighted by Gasteiger charge is 2.23.